The minimum atomic E-state index is -0.756. The van der Waals surface area contributed by atoms with Gasteiger partial charge in [0, 0.05) is 12.3 Å². The third-order valence-electron chi connectivity index (χ3n) is 2.33. The smallest absolute Gasteiger partial charge is 0.126 e. The van der Waals surface area contributed by atoms with E-state index >= 15 is 0 Å². The highest BCUT2D eigenvalue weighted by molar-refractivity contribution is 6.31. The van der Waals surface area contributed by atoms with E-state index in [0.717, 1.165) is 6.07 Å². The minimum Gasteiger partial charge on any atom is -0.319 e. The summed E-state index contributed by atoms with van der Waals surface area (Å²) < 4.78 is 26.1. The molecule has 1 aromatic heterocycles. The van der Waals surface area contributed by atoms with Crippen LogP contribution in [-0.2, 0) is 0 Å². The standard InChI is InChI=1S/C12H9ClF2N2/c13-10-2-1-3-17-12(10)11(16)7-4-8(14)6-9(15)5-7/h1-6,11H,16H2. The van der Waals surface area contributed by atoms with E-state index in [2.05, 4.69) is 4.98 Å². The van der Waals surface area contributed by atoms with Crippen LogP contribution in [-0.4, -0.2) is 4.98 Å². The van der Waals surface area contributed by atoms with Crippen LogP contribution < -0.4 is 5.73 Å². The third kappa shape index (κ3) is 2.60. The maximum absolute atomic E-state index is 13.1. The highest BCUT2D eigenvalue weighted by Crippen LogP contribution is 2.25. The lowest BCUT2D eigenvalue weighted by Gasteiger charge is -2.13. The van der Waals surface area contributed by atoms with Crippen molar-refractivity contribution in [1.82, 2.24) is 4.98 Å². The Hall–Kier alpha value is -1.52. The highest BCUT2D eigenvalue weighted by atomic mass is 35.5. The van der Waals surface area contributed by atoms with E-state index in [1.54, 1.807) is 12.1 Å². The summed E-state index contributed by atoms with van der Waals surface area (Å²) in [6, 6.07) is 5.65. The second-order valence-corrected chi connectivity index (χ2v) is 3.96. The monoisotopic (exact) mass is 254 g/mol. The van der Waals surface area contributed by atoms with Gasteiger partial charge in [-0.2, -0.15) is 0 Å². The summed E-state index contributed by atoms with van der Waals surface area (Å²) in [6.45, 7) is 0. The van der Waals surface area contributed by atoms with E-state index in [4.69, 9.17) is 17.3 Å². The fourth-order valence-corrected chi connectivity index (χ4v) is 1.78. The van der Waals surface area contributed by atoms with Crippen LogP contribution in [0.3, 0.4) is 0 Å². The number of hydrogen-bond donors (Lipinski definition) is 1. The van der Waals surface area contributed by atoms with Gasteiger partial charge in [0.05, 0.1) is 16.8 Å². The van der Waals surface area contributed by atoms with Crippen LogP contribution >= 0.6 is 11.6 Å². The molecule has 0 fully saturated rings. The molecule has 88 valence electrons. The van der Waals surface area contributed by atoms with Crippen molar-refractivity contribution in [3.63, 3.8) is 0 Å². The zero-order valence-electron chi connectivity index (χ0n) is 8.70. The van der Waals surface area contributed by atoms with E-state index in [-0.39, 0.29) is 0 Å². The van der Waals surface area contributed by atoms with Gasteiger partial charge in [0.2, 0.25) is 0 Å². The first-order valence-electron chi connectivity index (χ1n) is 4.90. The molecule has 1 heterocycles. The van der Waals surface area contributed by atoms with E-state index in [9.17, 15) is 8.78 Å². The number of benzene rings is 1. The van der Waals surface area contributed by atoms with Crippen LogP contribution in [0.25, 0.3) is 0 Å². The third-order valence-corrected chi connectivity index (χ3v) is 2.65. The van der Waals surface area contributed by atoms with Crippen LogP contribution in [0.15, 0.2) is 36.5 Å². The topological polar surface area (TPSA) is 38.9 Å². The van der Waals surface area contributed by atoms with Gasteiger partial charge in [0.15, 0.2) is 0 Å². The van der Waals surface area contributed by atoms with Gasteiger partial charge in [-0.1, -0.05) is 11.6 Å². The Bertz CT molecular complexity index is 526. The summed E-state index contributed by atoms with van der Waals surface area (Å²) in [5, 5.41) is 0.365. The van der Waals surface area contributed by atoms with E-state index in [1.807, 2.05) is 0 Å². The van der Waals surface area contributed by atoms with Gasteiger partial charge in [-0.05, 0) is 29.8 Å². The predicted octanol–water partition coefficient (Wildman–Crippen LogP) is 3.06. The average molecular weight is 255 g/mol. The molecule has 0 saturated carbocycles. The Balaban J connectivity index is 2.43. The number of hydrogen-bond acceptors (Lipinski definition) is 2. The summed E-state index contributed by atoms with van der Waals surface area (Å²) >= 11 is 5.92. The maximum Gasteiger partial charge on any atom is 0.126 e. The first-order valence-corrected chi connectivity index (χ1v) is 5.27. The Labute approximate surface area is 102 Å². The summed E-state index contributed by atoms with van der Waals surface area (Å²) in [7, 11) is 0. The summed E-state index contributed by atoms with van der Waals surface area (Å²) in [4.78, 5) is 4.01. The lowest BCUT2D eigenvalue weighted by atomic mass is 10.0. The molecule has 0 aliphatic heterocycles. The normalized spacial score (nSPS) is 12.5. The number of halogens is 3. The summed E-state index contributed by atoms with van der Waals surface area (Å²) in [5.41, 5.74) is 6.56. The molecular formula is C12H9ClF2N2. The van der Waals surface area contributed by atoms with Crippen molar-refractivity contribution in [1.29, 1.82) is 0 Å². The van der Waals surface area contributed by atoms with Crippen molar-refractivity contribution in [2.24, 2.45) is 5.73 Å². The van der Waals surface area contributed by atoms with Crippen molar-refractivity contribution < 1.29 is 8.78 Å². The molecule has 0 spiro atoms. The Kier molecular flexibility index (Phi) is 3.36. The summed E-state index contributed by atoms with van der Waals surface area (Å²) in [6.07, 6.45) is 1.52. The molecule has 2 rings (SSSR count). The molecule has 0 aliphatic carbocycles. The van der Waals surface area contributed by atoms with E-state index in [1.165, 1.54) is 18.3 Å². The number of nitrogens with two attached hydrogens (primary N) is 1. The highest BCUT2D eigenvalue weighted by Gasteiger charge is 2.15. The van der Waals surface area contributed by atoms with E-state index in [0.29, 0.717) is 16.3 Å². The molecule has 0 bridgehead atoms. The zero-order valence-corrected chi connectivity index (χ0v) is 9.46. The maximum atomic E-state index is 13.1. The number of pyridine rings is 1. The molecule has 5 heteroatoms. The largest absolute Gasteiger partial charge is 0.319 e. The molecule has 1 aromatic carbocycles. The van der Waals surface area contributed by atoms with Gasteiger partial charge in [-0.3, -0.25) is 4.98 Å². The molecule has 0 aliphatic rings. The second-order valence-electron chi connectivity index (χ2n) is 3.55. The van der Waals surface area contributed by atoms with Gasteiger partial charge in [0.25, 0.3) is 0 Å². The quantitative estimate of drug-likeness (QED) is 0.895. The van der Waals surface area contributed by atoms with Crippen LogP contribution in [0, 0.1) is 11.6 Å². The molecule has 2 aromatic rings. The first kappa shape index (κ1) is 12.0. The van der Waals surface area contributed by atoms with Crippen LogP contribution in [0.5, 0.6) is 0 Å². The zero-order chi connectivity index (χ0) is 12.4. The molecule has 2 nitrogen and oxygen atoms in total. The van der Waals surface area contributed by atoms with Gasteiger partial charge < -0.3 is 5.73 Å². The minimum absolute atomic E-state index is 0.295. The lowest BCUT2D eigenvalue weighted by molar-refractivity contribution is 0.577. The molecule has 0 saturated heterocycles. The van der Waals surface area contributed by atoms with Crippen LogP contribution in [0.1, 0.15) is 17.3 Å². The number of nitrogens with zero attached hydrogens (tertiary/aromatic N) is 1. The van der Waals surface area contributed by atoms with Crippen molar-refractivity contribution in [3.8, 4) is 0 Å². The fraction of sp³-hybridized carbons (Fsp3) is 0.0833. The van der Waals surface area contributed by atoms with Crippen molar-refractivity contribution >= 4 is 11.6 Å². The van der Waals surface area contributed by atoms with Gasteiger partial charge in [0.1, 0.15) is 11.6 Å². The first-order chi connectivity index (χ1) is 8.08. The van der Waals surface area contributed by atoms with Crippen molar-refractivity contribution in [2.75, 3.05) is 0 Å². The Morgan fingerprint density at radius 2 is 1.82 bits per heavy atom. The van der Waals surface area contributed by atoms with Crippen LogP contribution in [0.2, 0.25) is 5.02 Å². The van der Waals surface area contributed by atoms with E-state index < -0.39 is 17.7 Å². The average Bonchev–Trinajstić information content (AvgIpc) is 2.27. The molecule has 1 atom stereocenters. The Morgan fingerprint density at radius 3 is 2.41 bits per heavy atom. The molecule has 0 radical (unpaired) electrons. The molecule has 2 N–H and O–H groups in total. The second kappa shape index (κ2) is 4.77. The predicted molar refractivity (Wildman–Crippen MR) is 61.6 cm³/mol. The van der Waals surface area contributed by atoms with Gasteiger partial charge in [-0.15, -0.1) is 0 Å². The van der Waals surface area contributed by atoms with Gasteiger partial charge in [-0.25, -0.2) is 8.78 Å². The number of aromatic nitrogens is 1. The number of rotatable bonds is 2. The molecular weight excluding hydrogens is 246 g/mol. The molecule has 0 amide bonds. The molecule has 1 unspecified atom stereocenters. The van der Waals surface area contributed by atoms with Gasteiger partial charge >= 0.3 is 0 Å². The Morgan fingerprint density at radius 1 is 1.18 bits per heavy atom. The summed E-state index contributed by atoms with van der Waals surface area (Å²) in [5.74, 6) is -1.36. The molecule has 17 heavy (non-hydrogen) atoms. The van der Waals surface area contributed by atoms with Crippen molar-refractivity contribution in [3.05, 3.63) is 64.4 Å². The fourth-order valence-electron chi connectivity index (χ4n) is 1.54. The SMILES string of the molecule is NC(c1cc(F)cc(F)c1)c1ncccc1Cl. The van der Waals surface area contributed by atoms with Crippen molar-refractivity contribution in [2.45, 2.75) is 6.04 Å². The van der Waals surface area contributed by atoms with Crippen LogP contribution in [0.4, 0.5) is 8.78 Å². The lowest BCUT2D eigenvalue weighted by Crippen LogP contribution is -2.14.